The van der Waals surface area contributed by atoms with Gasteiger partial charge in [0.25, 0.3) is 0 Å². The van der Waals surface area contributed by atoms with E-state index in [1.54, 1.807) is 19.1 Å². The van der Waals surface area contributed by atoms with Gasteiger partial charge in [0.2, 0.25) is 0 Å². The number of rotatable bonds is 5. The van der Waals surface area contributed by atoms with E-state index in [4.69, 9.17) is 13.9 Å². The Balaban J connectivity index is 1.93. The third-order valence-corrected chi connectivity index (χ3v) is 4.35. The summed E-state index contributed by atoms with van der Waals surface area (Å²) in [7, 11) is 0. The van der Waals surface area contributed by atoms with Crippen molar-refractivity contribution < 1.29 is 23.5 Å². The molecule has 26 heavy (non-hydrogen) atoms. The van der Waals surface area contributed by atoms with Crippen LogP contribution >= 0.6 is 0 Å². The summed E-state index contributed by atoms with van der Waals surface area (Å²) >= 11 is 0. The minimum absolute atomic E-state index is 0.0867. The minimum Gasteiger partial charge on any atom is -0.467 e. The molecule has 1 aromatic rings. The Labute approximate surface area is 152 Å². The third kappa shape index (κ3) is 4.08. The molecule has 1 fully saturated rings. The van der Waals surface area contributed by atoms with Crippen LogP contribution < -0.4 is 10.6 Å². The van der Waals surface area contributed by atoms with Gasteiger partial charge in [0.1, 0.15) is 11.8 Å². The minimum atomic E-state index is -0.677. The molecule has 2 N–H and O–H groups in total. The number of furan rings is 1. The highest BCUT2D eigenvalue weighted by Gasteiger charge is 2.36. The average Bonchev–Trinajstić information content (AvgIpc) is 3.07. The zero-order chi connectivity index (χ0) is 18.7. The van der Waals surface area contributed by atoms with E-state index in [0.29, 0.717) is 23.6 Å². The zero-order valence-electron chi connectivity index (χ0n) is 15.3. The molecular formula is C18H25N3O5. The summed E-state index contributed by atoms with van der Waals surface area (Å²) < 4.78 is 16.4. The standard InChI is InChI=1S/C18H25N3O5/c1-4-24-17(22)15-13(10-21-8-11(2)26-12(3)9-21)19-18(23)20-16(15)14-6-5-7-25-14/h5-7,11-12,16H,4,8-10H2,1-3H3,(H2,19,20,23)/t11-,12-,16-/m1/s1. The van der Waals surface area contributed by atoms with E-state index in [-0.39, 0.29) is 24.8 Å². The third-order valence-electron chi connectivity index (χ3n) is 4.35. The number of esters is 1. The van der Waals surface area contributed by atoms with Gasteiger partial charge in [-0.2, -0.15) is 0 Å². The molecule has 0 aliphatic carbocycles. The van der Waals surface area contributed by atoms with Crippen molar-refractivity contribution in [3.05, 3.63) is 35.4 Å². The predicted molar refractivity (Wildman–Crippen MR) is 93.2 cm³/mol. The molecule has 0 spiro atoms. The first-order chi connectivity index (χ1) is 12.5. The Hall–Kier alpha value is -2.32. The molecule has 3 heterocycles. The summed E-state index contributed by atoms with van der Waals surface area (Å²) in [6.45, 7) is 7.89. The number of ether oxygens (including phenoxy) is 2. The second kappa shape index (κ2) is 7.92. The van der Waals surface area contributed by atoms with Crippen LogP contribution in [0.25, 0.3) is 0 Å². The van der Waals surface area contributed by atoms with Crippen LogP contribution in [0, 0.1) is 0 Å². The van der Waals surface area contributed by atoms with Crippen LogP contribution in [0.15, 0.2) is 34.1 Å². The fourth-order valence-corrected chi connectivity index (χ4v) is 3.50. The van der Waals surface area contributed by atoms with Crippen molar-refractivity contribution in [1.82, 2.24) is 15.5 Å². The molecule has 3 atom stereocenters. The molecule has 142 valence electrons. The summed E-state index contributed by atoms with van der Waals surface area (Å²) in [5, 5.41) is 5.53. The molecule has 3 rings (SSSR count). The van der Waals surface area contributed by atoms with Crippen molar-refractivity contribution in [2.45, 2.75) is 39.0 Å². The van der Waals surface area contributed by atoms with Gasteiger partial charge in [-0.25, -0.2) is 9.59 Å². The fraction of sp³-hybridized carbons (Fsp3) is 0.556. The van der Waals surface area contributed by atoms with Crippen LogP contribution in [-0.4, -0.2) is 55.3 Å². The van der Waals surface area contributed by atoms with Gasteiger partial charge in [-0.3, -0.25) is 4.90 Å². The van der Waals surface area contributed by atoms with Gasteiger partial charge in [0, 0.05) is 25.3 Å². The van der Waals surface area contributed by atoms with E-state index in [0.717, 1.165) is 13.1 Å². The molecule has 0 unspecified atom stereocenters. The summed E-state index contributed by atoms with van der Waals surface area (Å²) in [4.78, 5) is 27.0. The van der Waals surface area contributed by atoms with Crippen molar-refractivity contribution in [3.8, 4) is 0 Å². The molecule has 0 bridgehead atoms. The second-order valence-electron chi connectivity index (χ2n) is 6.61. The Morgan fingerprint density at radius 3 is 2.69 bits per heavy atom. The molecule has 0 saturated carbocycles. The first-order valence-electron chi connectivity index (χ1n) is 8.86. The molecule has 2 aliphatic rings. The molecule has 8 heteroatoms. The number of amides is 2. The van der Waals surface area contributed by atoms with Crippen molar-refractivity contribution >= 4 is 12.0 Å². The highest BCUT2D eigenvalue weighted by Crippen LogP contribution is 2.28. The first-order valence-corrected chi connectivity index (χ1v) is 8.86. The summed E-state index contributed by atoms with van der Waals surface area (Å²) in [5.74, 6) is 0.0230. The van der Waals surface area contributed by atoms with Crippen LogP contribution in [0.3, 0.4) is 0 Å². The lowest BCUT2D eigenvalue weighted by molar-refractivity contribution is -0.139. The quantitative estimate of drug-likeness (QED) is 0.771. The van der Waals surface area contributed by atoms with Crippen molar-refractivity contribution in [2.75, 3.05) is 26.2 Å². The van der Waals surface area contributed by atoms with Crippen LogP contribution in [0.2, 0.25) is 0 Å². The highest BCUT2D eigenvalue weighted by molar-refractivity contribution is 5.95. The molecule has 0 aromatic carbocycles. The van der Waals surface area contributed by atoms with Crippen LogP contribution in [-0.2, 0) is 14.3 Å². The van der Waals surface area contributed by atoms with Gasteiger partial charge in [0.05, 0.1) is 30.7 Å². The van der Waals surface area contributed by atoms with E-state index < -0.39 is 12.0 Å². The number of carbonyl (C=O) groups excluding carboxylic acids is 2. The van der Waals surface area contributed by atoms with Gasteiger partial charge in [-0.1, -0.05) is 0 Å². The van der Waals surface area contributed by atoms with Crippen molar-refractivity contribution in [1.29, 1.82) is 0 Å². The van der Waals surface area contributed by atoms with E-state index >= 15 is 0 Å². The highest BCUT2D eigenvalue weighted by atomic mass is 16.5. The smallest absolute Gasteiger partial charge is 0.338 e. The monoisotopic (exact) mass is 363 g/mol. The Morgan fingerprint density at radius 1 is 1.35 bits per heavy atom. The van der Waals surface area contributed by atoms with Crippen molar-refractivity contribution in [2.24, 2.45) is 0 Å². The number of carbonyl (C=O) groups is 2. The zero-order valence-corrected chi connectivity index (χ0v) is 15.3. The number of nitrogens with zero attached hydrogens (tertiary/aromatic N) is 1. The maximum atomic E-state index is 12.6. The van der Waals surface area contributed by atoms with Crippen LogP contribution in [0.1, 0.15) is 32.6 Å². The van der Waals surface area contributed by atoms with Gasteiger partial charge in [-0.05, 0) is 32.9 Å². The number of morpholine rings is 1. The summed E-state index contributed by atoms with van der Waals surface area (Å²) in [6.07, 6.45) is 1.68. The Morgan fingerprint density at radius 2 is 2.08 bits per heavy atom. The number of urea groups is 1. The summed E-state index contributed by atoms with van der Waals surface area (Å²) in [6, 6.07) is 2.40. The van der Waals surface area contributed by atoms with Crippen molar-refractivity contribution in [3.63, 3.8) is 0 Å². The first kappa shape index (κ1) is 18.5. The summed E-state index contributed by atoms with van der Waals surface area (Å²) in [5.41, 5.74) is 0.906. The fourth-order valence-electron chi connectivity index (χ4n) is 3.50. The Kier molecular flexibility index (Phi) is 5.63. The molecule has 0 radical (unpaired) electrons. The van der Waals surface area contributed by atoms with E-state index in [2.05, 4.69) is 15.5 Å². The number of hydrogen-bond acceptors (Lipinski definition) is 6. The largest absolute Gasteiger partial charge is 0.467 e. The molecule has 2 aliphatic heterocycles. The lowest BCUT2D eigenvalue weighted by Crippen LogP contribution is -2.51. The predicted octanol–water partition coefficient (Wildman–Crippen LogP) is 1.56. The van der Waals surface area contributed by atoms with E-state index in [9.17, 15) is 9.59 Å². The number of nitrogens with one attached hydrogen (secondary N) is 2. The van der Waals surface area contributed by atoms with Crippen LogP contribution in [0.4, 0.5) is 4.79 Å². The van der Waals surface area contributed by atoms with E-state index in [1.165, 1.54) is 6.26 Å². The van der Waals surface area contributed by atoms with Crippen LogP contribution in [0.5, 0.6) is 0 Å². The number of hydrogen-bond donors (Lipinski definition) is 2. The van der Waals surface area contributed by atoms with E-state index in [1.807, 2.05) is 13.8 Å². The molecule has 8 nitrogen and oxygen atoms in total. The molecule has 1 aromatic heterocycles. The lowest BCUT2D eigenvalue weighted by Gasteiger charge is -2.37. The lowest BCUT2D eigenvalue weighted by atomic mass is 9.99. The average molecular weight is 363 g/mol. The maximum absolute atomic E-state index is 12.6. The van der Waals surface area contributed by atoms with Gasteiger partial charge in [-0.15, -0.1) is 0 Å². The topological polar surface area (TPSA) is 93.0 Å². The van der Waals surface area contributed by atoms with Gasteiger partial charge >= 0.3 is 12.0 Å². The van der Waals surface area contributed by atoms with Gasteiger partial charge < -0.3 is 24.5 Å². The normalized spacial score (nSPS) is 27.0. The maximum Gasteiger partial charge on any atom is 0.338 e. The molecule has 1 saturated heterocycles. The molecular weight excluding hydrogens is 338 g/mol. The second-order valence-corrected chi connectivity index (χ2v) is 6.61. The Bertz CT molecular complexity index is 675. The molecule has 2 amide bonds. The SMILES string of the molecule is CCOC(=O)C1=C(CN2C[C@@H](C)O[C@H](C)C2)NC(=O)N[C@@H]1c1ccco1. The van der Waals surface area contributed by atoms with Gasteiger partial charge in [0.15, 0.2) is 0 Å².